The second kappa shape index (κ2) is 6.57. The van der Waals surface area contributed by atoms with Crippen molar-refractivity contribution in [2.45, 2.75) is 25.7 Å². The first-order valence-electron chi connectivity index (χ1n) is 6.02. The Morgan fingerprint density at radius 1 is 1.05 bits per heavy atom. The fraction of sp³-hybridized carbons (Fsp3) is 0.286. The van der Waals surface area contributed by atoms with Gasteiger partial charge < -0.3 is 10.2 Å². The zero-order valence-electron chi connectivity index (χ0n) is 11.4. The van der Waals surface area contributed by atoms with Crippen molar-refractivity contribution in [3.8, 4) is 5.75 Å². The monoisotopic (exact) mass is 313 g/mol. The fourth-order valence-corrected chi connectivity index (χ4v) is 3.28. The van der Waals surface area contributed by atoms with E-state index in [-0.39, 0.29) is 18.4 Å². The molecule has 104 valence electrons. The van der Waals surface area contributed by atoms with Gasteiger partial charge in [0.15, 0.2) is 0 Å². The summed E-state index contributed by atoms with van der Waals surface area (Å²) in [5.74, 6) is 0.940. The van der Waals surface area contributed by atoms with Gasteiger partial charge in [-0.15, -0.1) is 12.4 Å². The molecule has 2 aromatic rings. The molecule has 0 unspecified atom stereocenters. The van der Waals surface area contributed by atoms with Crippen molar-refractivity contribution in [2.24, 2.45) is 5.73 Å². The zero-order chi connectivity index (χ0) is 13.2. The van der Waals surface area contributed by atoms with Crippen molar-refractivity contribution in [2.75, 3.05) is 0 Å². The molecule has 1 heterocycles. The van der Waals surface area contributed by atoms with Crippen molar-refractivity contribution in [3.63, 3.8) is 0 Å². The first kappa shape index (κ1) is 16.2. The third kappa shape index (κ3) is 4.65. The van der Waals surface area contributed by atoms with Gasteiger partial charge in [0.1, 0.15) is 5.75 Å². The Morgan fingerprint density at radius 3 is 2.16 bits per heavy atom. The quantitative estimate of drug-likeness (QED) is 0.847. The first-order valence-corrected chi connectivity index (χ1v) is 10.4. The Bertz CT molecular complexity index is 493. The van der Waals surface area contributed by atoms with E-state index in [4.69, 9.17) is 10.2 Å². The van der Waals surface area contributed by atoms with E-state index >= 15 is 0 Å². The summed E-state index contributed by atoms with van der Waals surface area (Å²) < 4.78 is 5.93. The Morgan fingerprint density at radius 2 is 1.68 bits per heavy atom. The van der Waals surface area contributed by atoms with Crippen LogP contribution in [0.25, 0.3) is 0 Å². The minimum absolute atomic E-state index is 0. The highest BCUT2D eigenvalue weighted by atomic mass is 35.5. The number of benzene rings is 1. The van der Waals surface area contributed by atoms with Crippen molar-refractivity contribution in [3.05, 3.63) is 52.2 Å². The summed E-state index contributed by atoms with van der Waals surface area (Å²) in [7, 11) is -1.53. The van der Waals surface area contributed by atoms with Gasteiger partial charge in [0.05, 0.1) is 6.04 Å². The summed E-state index contributed by atoms with van der Waals surface area (Å²) in [5, 5.41) is 4.15. The summed E-state index contributed by atoms with van der Waals surface area (Å²) >= 11 is 1.67. The van der Waals surface area contributed by atoms with Crippen LogP contribution in [0, 0.1) is 0 Å². The summed E-state index contributed by atoms with van der Waals surface area (Å²) in [6.07, 6.45) is 0. The van der Waals surface area contributed by atoms with Crippen LogP contribution in [0.4, 0.5) is 0 Å². The molecule has 0 bridgehead atoms. The van der Waals surface area contributed by atoms with Crippen LogP contribution in [0.2, 0.25) is 19.6 Å². The molecule has 0 aliphatic rings. The topological polar surface area (TPSA) is 35.2 Å². The highest BCUT2D eigenvalue weighted by Gasteiger charge is 2.16. The number of hydrogen-bond acceptors (Lipinski definition) is 3. The second-order valence-corrected chi connectivity index (χ2v) is 10.5. The van der Waals surface area contributed by atoms with Crippen LogP contribution in [0.1, 0.15) is 17.2 Å². The number of hydrogen-bond donors (Lipinski definition) is 1. The molecule has 0 saturated carbocycles. The van der Waals surface area contributed by atoms with Gasteiger partial charge in [0, 0.05) is 0 Å². The molecular weight excluding hydrogens is 294 g/mol. The van der Waals surface area contributed by atoms with E-state index < -0.39 is 8.32 Å². The molecule has 0 aliphatic heterocycles. The molecule has 0 amide bonds. The van der Waals surface area contributed by atoms with E-state index in [1.165, 1.54) is 5.56 Å². The molecule has 0 fully saturated rings. The average molecular weight is 314 g/mol. The van der Waals surface area contributed by atoms with E-state index in [9.17, 15) is 0 Å². The predicted molar refractivity (Wildman–Crippen MR) is 88.0 cm³/mol. The highest BCUT2D eigenvalue weighted by Crippen LogP contribution is 2.24. The predicted octanol–water partition coefficient (Wildman–Crippen LogP) is 4.43. The SMILES string of the molecule is C[Si](C)(C)Oc1ccc([C@H](N)c2ccsc2)cc1.Cl. The maximum absolute atomic E-state index is 6.21. The van der Waals surface area contributed by atoms with Gasteiger partial charge in [-0.1, -0.05) is 12.1 Å². The molecular formula is C14H20ClNOSSi. The lowest BCUT2D eigenvalue weighted by Crippen LogP contribution is -2.29. The standard InChI is InChI=1S/C14H19NOSSi.ClH/c1-18(2,3)16-13-6-4-11(5-7-13)14(15)12-8-9-17-10-12;/h4-10,14H,15H2,1-3H3;1H/t14-;/m0./s1. The van der Waals surface area contributed by atoms with Gasteiger partial charge in [0.2, 0.25) is 8.32 Å². The third-order valence-electron chi connectivity index (χ3n) is 2.57. The molecule has 1 aromatic heterocycles. The number of halogens is 1. The molecule has 2 nitrogen and oxygen atoms in total. The number of nitrogens with two attached hydrogens (primary N) is 1. The van der Waals surface area contributed by atoms with Crippen LogP contribution in [0.15, 0.2) is 41.1 Å². The van der Waals surface area contributed by atoms with Gasteiger partial charge in [-0.05, 0) is 59.7 Å². The second-order valence-electron chi connectivity index (χ2n) is 5.32. The molecule has 2 N–H and O–H groups in total. The summed E-state index contributed by atoms with van der Waals surface area (Å²) in [5.41, 5.74) is 8.50. The van der Waals surface area contributed by atoms with Gasteiger partial charge >= 0.3 is 0 Å². The molecule has 0 saturated heterocycles. The highest BCUT2D eigenvalue weighted by molar-refractivity contribution is 7.08. The third-order valence-corrected chi connectivity index (χ3v) is 4.12. The lowest BCUT2D eigenvalue weighted by atomic mass is 10.0. The summed E-state index contributed by atoms with van der Waals surface area (Å²) in [4.78, 5) is 0. The lowest BCUT2D eigenvalue weighted by Gasteiger charge is -2.19. The van der Waals surface area contributed by atoms with Crippen LogP contribution < -0.4 is 10.2 Å². The lowest BCUT2D eigenvalue weighted by molar-refractivity contribution is 0.557. The normalized spacial score (nSPS) is 12.6. The first-order chi connectivity index (χ1) is 8.46. The Kier molecular flexibility index (Phi) is 5.61. The number of rotatable bonds is 4. The van der Waals surface area contributed by atoms with Crippen molar-refractivity contribution >= 4 is 32.1 Å². The van der Waals surface area contributed by atoms with E-state index in [1.54, 1.807) is 11.3 Å². The molecule has 0 spiro atoms. The van der Waals surface area contributed by atoms with Crippen LogP contribution in [0.3, 0.4) is 0 Å². The maximum atomic E-state index is 6.21. The minimum Gasteiger partial charge on any atom is -0.544 e. The Hall–Kier alpha value is -0.813. The van der Waals surface area contributed by atoms with Gasteiger partial charge in [-0.2, -0.15) is 11.3 Å². The molecule has 0 radical (unpaired) electrons. The Labute approximate surface area is 126 Å². The zero-order valence-corrected chi connectivity index (χ0v) is 14.1. The molecule has 1 aromatic carbocycles. The molecule has 0 aliphatic carbocycles. The van der Waals surface area contributed by atoms with E-state index in [0.717, 1.165) is 11.3 Å². The van der Waals surface area contributed by atoms with Crippen molar-refractivity contribution in [1.29, 1.82) is 0 Å². The van der Waals surface area contributed by atoms with E-state index in [2.05, 4.69) is 48.6 Å². The summed E-state index contributed by atoms with van der Waals surface area (Å²) in [6.45, 7) is 6.54. The van der Waals surface area contributed by atoms with Gasteiger partial charge in [-0.3, -0.25) is 0 Å². The molecule has 2 rings (SSSR count). The van der Waals surface area contributed by atoms with Crippen molar-refractivity contribution in [1.82, 2.24) is 0 Å². The van der Waals surface area contributed by atoms with E-state index in [0.29, 0.717) is 0 Å². The molecule has 1 atom stereocenters. The van der Waals surface area contributed by atoms with E-state index in [1.807, 2.05) is 12.1 Å². The van der Waals surface area contributed by atoms with Crippen LogP contribution in [-0.2, 0) is 0 Å². The van der Waals surface area contributed by atoms with Crippen LogP contribution in [-0.4, -0.2) is 8.32 Å². The maximum Gasteiger partial charge on any atom is 0.242 e. The fourth-order valence-electron chi connectivity index (χ4n) is 1.74. The molecule has 5 heteroatoms. The molecule has 19 heavy (non-hydrogen) atoms. The smallest absolute Gasteiger partial charge is 0.242 e. The minimum atomic E-state index is -1.53. The van der Waals surface area contributed by atoms with Gasteiger partial charge in [0.25, 0.3) is 0 Å². The van der Waals surface area contributed by atoms with Crippen molar-refractivity contribution < 1.29 is 4.43 Å². The largest absolute Gasteiger partial charge is 0.544 e. The van der Waals surface area contributed by atoms with Gasteiger partial charge in [-0.25, -0.2) is 0 Å². The van der Waals surface area contributed by atoms with Crippen LogP contribution >= 0.6 is 23.7 Å². The Balaban J connectivity index is 0.00000180. The van der Waals surface area contributed by atoms with Crippen LogP contribution in [0.5, 0.6) is 5.75 Å². The average Bonchev–Trinajstić information content (AvgIpc) is 2.80. The summed E-state index contributed by atoms with van der Waals surface area (Å²) in [6, 6.07) is 10.2. The number of thiophene rings is 1.